The largest absolute Gasteiger partial charge is 0.334 e. The Hall–Kier alpha value is -0.910. The summed E-state index contributed by atoms with van der Waals surface area (Å²) in [5.41, 5.74) is 0. The van der Waals surface area contributed by atoms with Crippen molar-refractivity contribution in [2.75, 3.05) is 26.7 Å². The zero-order valence-electron chi connectivity index (χ0n) is 13.5. The molecule has 1 saturated carbocycles. The number of urea groups is 1. The first kappa shape index (κ1) is 17.4. The number of carbonyl (C=O) groups is 1. The number of piperidine rings is 1. The minimum absolute atomic E-state index is 0.00101. The number of halogens is 2. The van der Waals surface area contributed by atoms with Crippen LogP contribution < -0.4 is 10.6 Å². The second-order valence-electron chi connectivity index (χ2n) is 6.79. The van der Waals surface area contributed by atoms with E-state index in [1.54, 1.807) is 0 Å². The number of rotatable bonds is 5. The van der Waals surface area contributed by atoms with Crippen molar-refractivity contribution in [1.29, 1.82) is 0 Å². The summed E-state index contributed by atoms with van der Waals surface area (Å²) in [5, 5.41) is 6.19. The molecular weight excluding hydrogens is 288 g/mol. The van der Waals surface area contributed by atoms with Crippen molar-refractivity contribution in [2.45, 2.75) is 63.3 Å². The second-order valence-corrected chi connectivity index (χ2v) is 6.79. The molecule has 2 fully saturated rings. The highest BCUT2D eigenvalue weighted by molar-refractivity contribution is 5.74. The molecule has 0 aromatic rings. The molecule has 0 bridgehead atoms. The van der Waals surface area contributed by atoms with Gasteiger partial charge in [0, 0.05) is 38.5 Å². The fourth-order valence-corrected chi connectivity index (χ4v) is 3.54. The molecule has 2 rings (SSSR count). The van der Waals surface area contributed by atoms with E-state index >= 15 is 0 Å². The lowest BCUT2D eigenvalue weighted by atomic mass is 9.83. The lowest BCUT2D eigenvalue weighted by Gasteiger charge is -2.33. The van der Waals surface area contributed by atoms with Gasteiger partial charge in [0.15, 0.2) is 0 Å². The van der Waals surface area contributed by atoms with Crippen LogP contribution in [0.4, 0.5) is 13.6 Å². The van der Waals surface area contributed by atoms with Crippen LogP contribution in [-0.2, 0) is 0 Å². The van der Waals surface area contributed by atoms with Gasteiger partial charge in [0.1, 0.15) is 0 Å². The Bertz CT molecular complexity index is 349. The molecule has 4 nitrogen and oxygen atoms in total. The summed E-state index contributed by atoms with van der Waals surface area (Å²) in [6.07, 6.45) is 5.23. The molecule has 1 atom stereocenters. The maximum absolute atomic E-state index is 13.2. The summed E-state index contributed by atoms with van der Waals surface area (Å²) < 4.78 is 26.5. The average molecular weight is 317 g/mol. The molecule has 128 valence electrons. The van der Waals surface area contributed by atoms with E-state index in [2.05, 4.69) is 10.6 Å². The van der Waals surface area contributed by atoms with E-state index < -0.39 is 5.92 Å². The minimum atomic E-state index is -2.48. The molecule has 2 aliphatic rings. The van der Waals surface area contributed by atoms with Crippen molar-refractivity contribution in [2.24, 2.45) is 5.92 Å². The summed E-state index contributed by atoms with van der Waals surface area (Å²) in [4.78, 5) is 14.2. The molecule has 1 unspecified atom stereocenters. The van der Waals surface area contributed by atoms with Crippen molar-refractivity contribution in [3.05, 3.63) is 0 Å². The molecule has 22 heavy (non-hydrogen) atoms. The number of hydrogen-bond acceptors (Lipinski definition) is 2. The van der Waals surface area contributed by atoms with Crippen molar-refractivity contribution in [1.82, 2.24) is 15.5 Å². The highest BCUT2D eigenvalue weighted by atomic mass is 19.3. The number of carbonyl (C=O) groups excluding carboxylic acids is 1. The van der Waals surface area contributed by atoms with Crippen LogP contribution in [0.25, 0.3) is 0 Å². The summed E-state index contributed by atoms with van der Waals surface area (Å²) in [5.74, 6) is -2.19. The maximum Gasteiger partial charge on any atom is 0.317 e. The van der Waals surface area contributed by atoms with Gasteiger partial charge in [-0.1, -0.05) is 0 Å². The Morgan fingerprint density at radius 1 is 1.23 bits per heavy atom. The van der Waals surface area contributed by atoms with Gasteiger partial charge in [-0.25, -0.2) is 13.6 Å². The van der Waals surface area contributed by atoms with Gasteiger partial charge in [0.25, 0.3) is 0 Å². The van der Waals surface area contributed by atoms with E-state index in [0.717, 1.165) is 32.4 Å². The summed E-state index contributed by atoms with van der Waals surface area (Å²) in [6.45, 7) is 2.34. The number of nitrogens with one attached hydrogen (secondary N) is 2. The molecule has 1 aliphatic carbocycles. The van der Waals surface area contributed by atoms with Crippen LogP contribution in [0.5, 0.6) is 0 Å². The summed E-state index contributed by atoms with van der Waals surface area (Å²) >= 11 is 0. The van der Waals surface area contributed by atoms with Gasteiger partial charge in [0.05, 0.1) is 0 Å². The summed E-state index contributed by atoms with van der Waals surface area (Å²) in [6, 6.07) is 0.0252. The Morgan fingerprint density at radius 3 is 2.45 bits per heavy atom. The van der Waals surface area contributed by atoms with Crippen LogP contribution >= 0.6 is 0 Å². The SMILES string of the molecule is CNCC(CC1CCC(F)(F)CC1)NC(=O)N1CCCCC1. The molecule has 0 spiro atoms. The molecular formula is C16H29F2N3O. The lowest BCUT2D eigenvalue weighted by molar-refractivity contribution is -0.0473. The number of amides is 2. The van der Waals surface area contributed by atoms with Gasteiger partial charge in [0.2, 0.25) is 5.92 Å². The number of hydrogen-bond donors (Lipinski definition) is 2. The van der Waals surface area contributed by atoms with Crippen LogP contribution in [0.2, 0.25) is 0 Å². The van der Waals surface area contributed by atoms with Crippen LogP contribution in [-0.4, -0.2) is 49.6 Å². The molecule has 2 amide bonds. The molecule has 0 aromatic heterocycles. The number of likely N-dealkylation sites (N-methyl/N-ethyl adjacent to an activating group) is 1. The molecule has 1 aliphatic heterocycles. The third-order valence-electron chi connectivity index (χ3n) is 4.88. The molecule has 2 N–H and O–H groups in total. The topological polar surface area (TPSA) is 44.4 Å². The zero-order chi connectivity index (χ0) is 16.0. The smallest absolute Gasteiger partial charge is 0.317 e. The predicted molar refractivity (Wildman–Crippen MR) is 83.2 cm³/mol. The van der Waals surface area contributed by atoms with Gasteiger partial charge in [-0.05, 0) is 51.5 Å². The monoisotopic (exact) mass is 317 g/mol. The van der Waals surface area contributed by atoms with Crippen molar-refractivity contribution < 1.29 is 13.6 Å². The fourth-order valence-electron chi connectivity index (χ4n) is 3.54. The van der Waals surface area contributed by atoms with Gasteiger partial charge in [-0.3, -0.25) is 0 Å². The van der Waals surface area contributed by atoms with E-state index in [-0.39, 0.29) is 24.9 Å². The Kier molecular flexibility index (Phi) is 6.41. The normalized spacial score (nSPS) is 24.0. The highest BCUT2D eigenvalue weighted by Gasteiger charge is 2.35. The predicted octanol–water partition coefficient (Wildman–Crippen LogP) is 2.99. The Morgan fingerprint density at radius 2 is 1.86 bits per heavy atom. The summed E-state index contributed by atoms with van der Waals surface area (Å²) in [7, 11) is 1.86. The van der Waals surface area contributed by atoms with E-state index in [9.17, 15) is 13.6 Å². The van der Waals surface area contributed by atoms with Crippen LogP contribution in [0.3, 0.4) is 0 Å². The van der Waals surface area contributed by atoms with Crippen molar-refractivity contribution in [3.8, 4) is 0 Å². The number of nitrogens with zero attached hydrogens (tertiary/aromatic N) is 1. The van der Waals surface area contributed by atoms with Crippen LogP contribution in [0.1, 0.15) is 51.4 Å². The lowest BCUT2D eigenvalue weighted by Crippen LogP contribution is -2.50. The average Bonchev–Trinajstić information content (AvgIpc) is 2.50. The Labute approximate surface area is 132 Å². The molecule has 6 heteroatoms. The quantitative estimate of drug-likeness (QED) is 0.819. The number of alkyl halides is 2. The van der Waals surface area contributed by atoms with Gasteiger partial charge < -0.3 is 15.5 Å². The van der Waals surface area contributed by atoms with E-state index in [0.29, 0.717) is 25.3 Å². The van der Waals surface area contributed by atoms with Crippen molar-refractivity contribution >= 4 is 6.03 Å². The second kappa shape index (κ2) is 8.09. The highest BCUT2D eigenvalue weighted by Crippen LogP contribution is 2.37. The standard InChI is InChI=1S/C16H29F2N3O/c1-19-12-14(11-13-5-7-16(17,18)8-6-13)20-15(22)21-9-3-2-4-10-21/h13-14,19H,2-12H2,1H3,(H,20,22). The molecule has 1 saturated heterocycles. The van der Waals surface area contributed by atoms with Gasteiger partial charge >= 0.3 is 6.03 Å². The van der Waals surface area contributed by atoms with Gasteiger partial charge in [-0.2, -0.15) is 0 Å². The first-order chi connectivity index (χ1) is 10.5. The maximum atomic E-state index is 13.2. The zero-order valence-corrected chi connectivity index (χ0v) is 13.5. The first-order valence-corrected chi connectivity index (χ1v) is 8.58. The third kappa shape index (κ3) is 5.38. The number of likely N-dealkylation sites (tertiary alicyclic amines) is 1. The van der Waals surface area contributed by atoms with Crippen molar-refractivity contribution in [3.63, 3.8) is 0 Å². The van der Waals surface area contributed by atoms with Crippen LogP contribution in [0.15, 0.2) is 0 Å². The van der Waals surface area contributed by atoms with E-state index in [1.807, 2.05) is 11.9 Å². The molecule has 1 heterocycles. The molecule has 0 radical (unpaired) electrons. The van der Waals surface area contributed by atoms with Crippen LogP contribution in [0, 0.1) is 5.92 Å². The fraction of sp³-hybridized carbons (Fsp3) is 0.938. The molecule has 0 aromatic carbocycles. The first-order valence-electron chi connectivity index (χ1n) is 8.58. The van der Waals surface area contributed by atoms with E-state index in [4.69, 9.17) is 0 Å². The van der Waals surface area contributed by atoms with E-state index in [1.165, 1.54) is 6.42 Å². The Balaban J connectivity index is 1.80. The third-order valence-corrected chi connectivity index (χ3v) is 4.88. The van der Waals surface area contributed by atoms with Gasteiger partial charge in [-0.15, -0.1) is 0 Å². The minimum Gasteiger partial charge on any atom is -0.334 e.